The highest BCUT2D eigenvalue weighted by Crippen LogP contribution is 2.30. The van der Waals surface area contributed by atoms with E-state index in [1.807, 2.05) is 0 Å². The Morgan fingerprint density at radius 2 is 2.25 bits per heavy atom. The Bertz CT molecular complexity index is 447. The third kappa shape index (κ3) is 2.68. The smallest absolute Gasteiger partial charge is 0.278 e. The van der Waals surface area contributed by atoms with Crippen molar-refractivity contribution in [2.45, 2.75) is 13.5 Å². The van der Waals surface area contributed by atoms with E-state index in [1.165, 1.54) is 13.0 Å². The number of rotatable bonds is 3. The van der Waals surface area contributed by atoms with Gasteiger partial charge in [0.25, 0.3) is 5.69 Å². The number of nitro groups is 1. The number of aliphatic hydroxyl groups excluding tert-OH is 1. The van der Waals surface area contributed by atoms with Crippen LogP contribution in [0.1, 0.15) is 12.5 Å². The minimum Gasteiger partial charge on any atom is -0.391 e. The third-order valence-corrected chi connectivity index (χ3v) is 2.07. The lowest BCUT2D eigenvalue weighted by atomic mass is 10.1. The van der Waals surface area contributed by atoms with E-state index in [2.05, 4.69) is 5.32 Å². The molecule has 6 nitrogen and oxygen atoms in total. The van der Waals surface area contributed by atoms with Crippen molar-refractivity contribution in [2.75, 3.05) is 5.32 Å². The zero-order valence-electron chi connectivity index (χ0n) is 8.36. The van der Waals surface area contributed by atoms with Crippen molar-refractivity contribution < 1.29 is 14.8 Å². The average Bonchev–Trinajstić information content (AvgIpc) is 2.15. The van der Waals surface area contributed by atoms with Crippen LogP contribution in [0.4, 0.5) is 11.4 Å². The Kier molecular flexibility index (Phi) is 3.81. The van der Waals surface area contributed by atoms with Crippen LogP contribution in [0.25, 0.3) is 0 Å². The molecule has 0 fully saturated rings. The van der Waals surface area contributed by atoms with Gasteiger partial charge >= 0.3 is 0 Å². The number of halogens is 1. The number of aliphatic hydroxyl groups is 1. The number of carbonyl (C=O) groups excluding carboxylic acids is 1. The van der Waals surface area contributed by atoms with Crippen molar-refractivity contribution in [3.05, 3.63) is 32.8 Å². The summed E-state index contributed by atoms with van der Waals surface area (Å²) in [7, 11) is 0. The summed E-state index contributed by atoms with van der Waals surface area (Å²) in [6.07, 6.45) is 0. The Morgan fingerprint density at radius 1 is 1.62 bits per heavy atom. The minimum absolute atomic E-state index is 0.0320. The number of benzene rings is 1. The van der Waals surface area contributed by atoms with Crippen LogP contribution < -0.4 is 5.32 Å². The van der Waals surface area contributed by atoms with Crippen LogP contribution in [0.5, 0.6) is 0 Å². The van der Waals surface area contributed by atoms with E-state index in [4.69, 9.17) is 16.7 Å². The molecule has 0 aromatic heterocycles. The highest BCUT2D eigenvalue weighted by molar-refractivity contribution is 6.31. The molecule has 16 heavy (non-hydrogen) atoms. The van der Waals surface area contributed by atoms with Crippen LogP contribution in [-0.4, -0.2) is 15.9 Å². The van der Waals surface area contributed by atoms with E-state index in [0.29, 0.717) is 0 Å². The number of hydrogen-bond acceptors (Lipinski definition) is 4. The van der Waals surface area contributed by atoms with Gasteiger partial charge in [0, 0.05) is 18.0 Å². The largest absolute Gasteiger partial charge is 0.391 e. The summed E-state index contributed by atoms with van der Waals surface area (Å²) in [5.41, 5.74) is -0.141. The lowest BCUT2D eigenvalue weighted by Gasteiger charge is -2.08. The van der Waals surface area contributed by atoms with Gasteiger partial charge in [-0.15, -0.1) is 0 Å². The van der Waals surface area contributed by atoms with Crippen LogP contribution in [0, 0.1) is 10.1 Å². The summed E-state index contributed by atoms with van der Waals surface area (Å²) < 4.78 is 0. The molecule has 0 bridgehead atoms. The fourth-order valence-corrected chi connectivity index (χ4v) is 1.47. The van der Waals surface area contributed by atoms with E-state index in [1.54, 1.807) is 0 Å². The molecule has 1 aromatic rings. The molecule has 1 aromatic carbocycles. The predicted octanol–water partition coefficient (Wildman–Crippen LogP) is 1.70. The first-order chi connectivity index (χ1) is 7.45. The number of amides is 1. The summed E-state index contributed by atoms with van der Waals surface area (Å²) in [6, 6.07) is 2.47. The number of hydrogen-bond donors (Lipinski definition) is 2. The highest BCUT2D eigenvalue weighted by atomic mass is 35.5. The van der Waals surface area contributed by atoms with Gasteiger partial charge < -0.3 is 10.4 Å². The maximum Gasteiger partial charge on any atom is 0.278 e. The molecule has 86 valence electrons. The van der Waals surface area contributed by atoms with Gasteiger partial charge in [-0.1, -0.05) is 11.6 Å². The molecule has 0 unspecified atom stereocenters. The molecule has 0 aliphatic carbocycles. The number of nitrogens with one attached hydrogen (secondary N) is 1. The monoisotopic (exact) mass is 244 g/mol. The predicted molar refractivity (Wildman–Crippen MR) is 58.3 cm³/mol. The van der Waals surface area contributed by atoms with Gasteiger partial charge in [-0.05, 0) is 6.07 Å². The first-order valence-electron chi connectivity index (χ1n) is 4.31. The van der Waals surface area contributed by atoms with Gasteiger partial charge in [0.05, 0.1) is 22.8 Å². The Morgan fingerprint density at radius 3 is 2.69 bits per heavy atom. The van der Waals surface area contributed by atoms with Crippen molar-refractivity contribution in [3.63, 3.8) is 0 Å². The summed E-state index contributed by atoms with van der Waals surface area (Å²) in [6.45, 7) is 0.705. The van der Waals surface area contributed by atoms with Crippen molar-refractivity contribution in [1.29, 1.82) is 0 Å². The molecule has 2 N–H and O–H groups in total. The molecular weight excluding hydrogens is 236 g/mol. The topological polar surface area (TPSA) is 92.5 Å². The maximum absolute atomic E-state index is 10.9. The van der Waals surface area contributed by atoms with Crippen molar-refractivity contribution in [3.8, 4) is 0 Å². The molecule has 0 atom stereocenters. The van der Waals surface area contributed by atoms with Crippen molar-refractivity contribution in [2.24, 2.45) is 0 Å². The normalized spacial score (nSPS) is 9.94. The summed E-state index contributed by atoms with van der Waals surface area (Å²) >= 11 is 5.67. The standard InChI is InChI=1S/C9H9ClN2O4/c1-5(14)11-8-2-6(10)3-9(12(15)16)7(8)4-13/h2-3,13H,4H2,1H3,(H,11,14). The van der Waals surface area contributed by atoms with Gasteiger partial charge in [-0.25, -0.2) is 0 Å². The van der Waals surface area contributed by atoms with Crippen molar-refractivity contribution >= 4 is 28.9 Å². The first kappa shape index (κ1) is 12.4. The number of nitrogens with zero attached hydrogens (tertiary/aromatic N) is 1. The zero-order valence-corrected chi connectivity index (χ0v) is 9.11. The van der Waals surface area contributed by atoms with E-state index >= 15 is 0 Å². The van der Waals surface area contributed by atoms with E-state index in [0.717, 1.165) is 6.07 Å². The quantitative estimate of drug-likeness (QED) is 0.625. The maximum atomic E-state index is 10.9. The van der Waals surface area contributed by atoms with E-state index in [-0.39, 0.29) is 22.0 Å². The van der Waals surface area contributed by atoms with Crippen LogP contribution in [0.2, 0.25) is 5.02 Å². The summed E-state index contributed by atoms with van der Waals surface area (Å²) in [5.74, 6) is -0.397. The molecule has 1 amide bonds. The molecule has 0 radical (unpaired) electrons. The van der Waals surface area contributed by atoms with Crippen LogP contribution in [0.3, 0.4) is 0 Å². The fourth-order valence-electron chi connectivity index (χ4n) is 1.25. The molecule has 0 spiro atoms. The van der Waals surface area contributed by atoms with Gasteiger partial charge in [-0.2, -0.15) is 0 Å². The second-order valence-electron chi connectivity index (χ2n) is 3.05. The molecule has 0 aliphatic rings. The summed E-state index contributed by atoms with van der Waals surface area (Å²) in [5, 5.41) is 22.2. The number of nitro benzene ring substituents is 1. The van der Waals surface area contributed by atoms with Crippen molar-refractivity contribution in [1.82, 2.24) is 0 Å². The van der Waals surface area contributed by atoms with E-state index in [9.17, 15) is 14.9 Å². The molecule has 0 saturated carbocycles. The van der Waals surface area contributed by atoms with Gasteiger partial charge in [-0.3, -0.25) is 14.9 Å². The Labute approximate surface area is 96.0 Å². The first-order valence-corrected chi connectivity index (χ1v) is 4.68. The Balaban J connectivity index is 3.35. The lowest BCUT2D eigenvalue weighted by Crippen LogP contribution is -2.09. The Hall–Kier alpha value is -1.66. The van der Waals surface area contributed by atoms with Gasteiger partial charge in [0.15, 0.2) is 0 Å². The molecule has 1 rings (SSSR count). The van der Waals surface area contributed by atoms with Gasteiger partial charge in [0.1, 0.15) is 0 Å². The van der Waals surface area contributed by atoms with Crippen LogP contribution in [0.15, 0.2) is 12.1 Å². The minimum atomic E-state index is -0.664. The average molecular weight is 245 g/mol. The fraction of sp³-hybridized carbons (Fsp3) is 0.222. The van der Waals surface area contributed by atoms with Crippen LogP contribution >= 0.6 is 11.6 Å². The molecule has 0 aliphatic heterocycles. The SMILES string of the molecule is CC(=O)Nc1cc(Cl)cc([N+](=O)[O-])c1CO. The second-order valence-corrected chi connectivity index (χ2v) is 3.48. The van der Waals surface area contributed by atoms with Crippen LogP contribution in [-0.2, 0) is 11.4 Å². The molecule has 0 saturated heterocycles. The second kappa shape index (κ2) is 4.91. The molecule has 0 heterocycles. The third-order valence-electron chi connectivity index (χ3n) is 1.86. The lowest BCUT2D eigenvalue weighted by molar-refractivity contribution is -0.385. The van der Waals surface area contributed by atoms with Gasteiger partial charge in [0.2, 0.25) is 5.91 Å². The molecule has 7 heteroatoms. The zero-order chi connectivity index (χ0) is 12.3. The number of carbonyl (C=O) groups is 1. The van der Waals surface area contributed by atoms with E-state index < -0.39 is 17.4 Å². The molecular formula is C9H9ClN2O4. The summed E-state index contributed by atoms with van der Waals surface area (Å²) in [4.78, 5) is 20.9. The number of anilines is 1. The highest BCUT2D eigenvalue weighted by Gasteiger charge is 2.19.